The van der Waals surface area contributed by atoms with Gasteiger partial charge in [0, 0.05) is 5.54 Å². The molecule has 3 N–H and O–H groups in total. The van der Waals surface area contributed by atoms with E-state index in [0.717, 1.165) is 12.8 Å². The van der Waals surface area contributed by atoms with E-state index in [1.54, 1.807) is 6.92 Å². The molecule has 0 amide bonds. The smallest absolute Gasteiger partial charge is 0.339 e. The van der Waals surface area contributed by atoms with Gasteiger partial charge in [-0.15, -0.1) is 0 Å². The summed E-state index contributed by atoms with van der Waals surface area (Å²) in [5.74, 6) is 0.0311. The number of rotatable bonds is 5. The molecule has 1 fully saturated rings. The predicted octanol–water partition coefficient (Wildman–Crippen LogP) is 0.901. The topological polar surface area (TPSA) is 82.7 Å². The van der Waals surface area contributed by atoms with Crippen molar-refractivity contribution in [2.24, 2.45) is 0 Å². The molecule has 5 heteroatoms. The highest BCUT2D eigenvalue weighted by Gasteiger charge is 2.41. The summed E-state index contributed by atoms with van der Waals surface area (Å²) in [4.78, 5) is 10.8. The second kappa shape index (κ2) is 3.92. The largest absolute Gasteiger partial charge is 0.478 e. The van der Waals surface area contributed by atoms with Gasteiger partial charge in [0.15, 0.2) is 0 Å². The van der Waals surface area contributed by atoms with Crippen LogP contribution >= 0.6 is 0 Å². The van der Waals surface area contributed by atoms with Gasteiger partial charge in [-0.25, -0.2) is 4.79 Å². The van der Waals surface area contributed by atoms with Crippen LogP contribution in [0.5, 0.6) is 0 Å². The van der Waals surface area contributed by atoms with Crippen molar-refractivity contribution in [1.29, 1.82) is 0 Å². The Morgan fingerprint density at radius 1 is 1.62 bits per heavy atom. The second-order valence-electron chi connectivity index (χ2n) is 4.28. The van der Waals surface area contributed by atoms with Crippen molar-refractivity contribution in [2.45, 2.75) is 31.8 Å². The molecule has 0 spiro atoms. The lowest BCUT2D eigenvalue weighted by molar-refractivity contribution is 0.0695. The minimum absolute atomic E-state index is 0.110. The van der Waals surface area contributed by atoms with Gasteiger partial charge in [-0.2, -0.15) is 0 Å². The second-order valence-corrected chi connectivity index (χ2v) is 4.28. The van der Waals surface area contributed by atoms with E-state index in [1.807, 2.05) is 0 Å². The summed E-state index contributed by atoms with van der Waals surface area (Å²) in [6.07, 6.45) is 1.91. The van der Waals surface area contributed by atoms with E-state index in [9.17, 15) is 4.79 Å². The third-order valence-electron chi connectivity index (χ3n) is 2.99. The summed E-state index contributed by atoms with van der Waals surface area (Å²) < 4.78 is 5.32. The van der Waals surface area contributed by atoms with Gasteiger partial charge in [-0.1, -0.05) is 0 Å². The standard InChI is InChI=1S/C11H15NO4/c1-7-9(10(14)15)4-8(16-7)5-12-11(6-13)2-3-11/h4,12-13H,2-3,5-6H2,1H3,(H,14,15). The Labute approximate surface area is 93.1 Å². The van der Waals surface area contributed by atoms with Crippen molar-refractivity contribution in [2.75, 3.05) is 6.61 Å². The quantitative estimate of drug-likeness (QED) is 0.693. The summed E-state index contributed by atoms with van der Waals surface area (Å²) >= 11 is 0. The van der Waals surface area contributed by atoms with Gasteiger partial charge < -0.3 is 19.9 Å². The van der Waals surface area contributed by atoms with Gasteiger partial charge in [0.1, 0.15) is 17.1 Å². The van der Waals surface area contributed by atoms with E-state index in [0.29, 0.717) is 18.1 Å². The molecule has 1 saturated carbocycles. The molecule has 0 radical (unpaired) electrons. The summed E-state index contributed by atoms with van der Waals surface area (Å²) in [5, 5.41) is 21.1. The molecule has 88 valence electrons. The first-order chi connectivity index (χ1) is 7.56. The molecule has 2 rings (SSSR count). The zero-order chi connectivity index (χ0) is 11.8. The Morgan fingerprint density at radius 2 is 2.31 bits per heavy atom. The van der Waals surface area contributed by atoms with Crippen molar-refractivity contribution in [3.8, 4) is 0 Å². The minimum atomic E-state index is -0.976. The van der Waals surface area contributed by atoms with Crippen LogP contribution in [0.25, 0.3) is 0 Å². The number of aromatic carboxylic acids is 1. The highest BCUT2D eigenvalue weighted by molar-refractivity contribution is 5.88. The summed E-state index contributed by atoms with van der Waals surface area (Å²) in [6.45, 7) is 2.19. The third kappa shape index (κ3) is 2.10. The third-order valence-corrected chi connectivity index (χ3v) is 2.99. The molecular weight excluding hydrogens is 210 g/mol. The fraction of sp³-hybridized carbons (Fsp3) is 0.545. The molecule has 0 saturated heterocycles. The molecule has 1 aromatic rings. The molecule has 1 heterocycles. The van der Waals surface area contributed by atoms with Gasteiger partial charge in [-0.05, 0) is 25.8 Å². The van der Waals surface area contributed by atoms with Crippen molar-refractivity contribution in [1.82, 2.24) is 5.32 Å². The zero-order valence-electron chi connectivity index (χ0n) is 9.12. The molecule has 0 aromatic carbocycles. The van der Waals surface area contributed by atoms with Gasteiger partial charge in [0.05, 0.1) is 13.2 Å². The van der Waals surface area contributed by atoms with Crippen molar-refractivity contribution >= 4 is 5.97 Å². The monoisotopic (exact) mass is 225 g/mol. The van der Waals surface area contributed by atoms with E-state index in [1.165, 1.54) is 6.07 Å². The lowest BCUT2D eigenvalue weighted by atomic mass is 10.2. The Bertz CT molecular complexity index is 406. The Hall–Kier alpha value is -1.33. The van der Waals surface area contributed by atoms with Gasteiger partial charge in [0.2, 0.25) is 0 Å². The lowest BCUT2D eigenvalue weighted by Crippen LogP contribution is -2.33. The number of carboxylic acids is 1. The fourth-order valence-electron chi connectivity index (χ4n) is 1.66. The Balaban J connectivity index is 2.00. The van der Waals surface area contributed by atoms with Crippen LogP contribution < -0.4 is 5.32 Å². The lowest BCUT2D eigenvalue weighted by Gasteiger charge is -2.12. The summed E-state index contributed by atoms with van der Waals surface area (Å²) in [5.41, 5.74) is 0.0371. The maximum absolute atomic E-state index is 10.8. The van der Waals surface area contributed by atoms with Crippen LogP contribution in [-0.4, -0.2) is 28.3 Å². The van der Waals surface area contributed by atoms with E-state index >= 15 is 0 Å². The number of carbonyl (C=O) groups is 1. The van der Waals surface area contributed by atoms with Gasteiger partial charge >= 0.3 is 5.97 Å². The molecule has 0 bridgehead atoms. The SMILES string of the molecule is Cc1oc(CNC2(CO)CC2)cc1C(=O)O. The number of nitrogens with one attached hydrogen (secondary N) is 1. The van der Waals surface area contributed by atoms with Crippen molar-refractivity contribution in [3.63, 3.8) is 0 Å². The Morgan fingerprint density at radius 3 is 2.75 bits per heavy atom. The molecule has 1 aliphatic carbocycles. The van der Waals surface area contributed by atoms with Crippen LogP contribution in [0, 0.1) is 6.92 Å². The first kappa shape index (κ1) is 11.2. The number of aliphatic hydroxyl groups is 1. The van der Waals surface area contributed by atoms with E-state index in [-0.39, 0.29) is 17.7 Å². The van der Waals surface area contributed by atoms with E-state index in [2.05, 4.69) is 5.32 Å². The van der Waals surface area contributed by atoms with E-state index < -0.39 is 5.97 Å². The van der Waals surface area contributed by atoms with Crippen molar-refractivity contribution in [3.05, 3.63) is 23.2 Å². The number of carboxylic acid groups (broad SMARTS) is 1. The zero-order valence-corrected chi connectivity index (χ0v) is 9.12. The molecule has 0 atom stereocenters. The van der Waals surface area contributed by atoms with Crippen LogP contribution in [0.15, 0.2) is 10.5 Å². The van der Waals surface area contributed by atoms with Crippen LogP contribution in [0.4, 0.5) is 0 Å². The molecule has 1 aromatic heterocycles. The van der Waals surface area contributed by atoms with Gasteiger partial charge in [-0.3, -0.25) is 0 Å². The maximum Gasteiger partial charge on any atom is 0.339 e. The molecule has 0 unspecified atom stereocenters. The number of hydrogen-bond acceptors (Lipinski definition) is 4. The molecule has 16 heavy (non-hydrogen) atoms. The summed E-state index contributed by atoms with van der Waals surface area (Å²) in [6, 6.07) is 1.53. The van der Waals surface area contributed by atoms with E-state index in [4.69, 9.17) is 14.6 Å². The molecule has 0 aliphatic heterocycles. The fourth-order valence-corrected chi connectivity index (χ4v) is 1.66. The highest BCUT2D eigenvalue weighted by Crippen LogP contribution is 2.34. The first-order valence-electron chi connectivity index (χ1n) is 5.25. The van der Waals surface area contributed by atoms with Crippen LogP contribution in [0.1, 0.15) is 34.7 Å². The predicted molar refractivity (Wildman–Crippen MR) is 56.3 cm³/mol. The molecular formula is C11H15NO4. The molecule has 1 aliphatic rings. The average Bonchev–Trinajstić information content (AvgIpc) is 2.93. The molecule has 5 nitrogen and oxygen atoms in total. The number of furan rings is 1. The number of hydrogen-bond donors (Lipinski definition) is 3. The first-order valence-corrected chi connectivity index (χ1v) is 5.25. The average molecular weight is 225 g/mol. The highest BCUT2D eigenvalue weighted by atomic mass is 16.4. The van der Waals surface area contributed by atoms with Crippen LogP contribution in [-0.2, 0) is 6.54 Å². The number of aliphatic hydroxyl groups excluding tert-OH is 1. The minimum Gasteiger partial charge on any atom is -0.478 e. The maximum atomic E-state index is 10.8. The van der Waals surface area contributed by atoms with Crippen LogP contribution in [0.3, 0.4) is 0 Å². The van der Waals surface area contributed by atoms with Crippen molar-refractivity contribution < 1.29 is 19.4 Å². The summed E-state index contributed by atoms with van der Waals surface area (Å²) in [7, 11) is 0. The number of aryl methyl sites for hydroxylation is 1. The Kier molecular flexibility index (Phi) is 2.73. The van der Waals surface area contributed by atoms with Crippen LogP contribution in [0.2, 0.25) is 0 Å². The normalized spacial score (nSPS) is 17.4. The van der Waals surface area contributed by atoms with Gasteiger partial charge in [0.25, 0.3) is 0 Å².